The van der Waals surface area contributed by atoms with Gasteiger partial charge in [-0.15, -0.1) is 11.3 Å². The van der Waals surface area contributed by atoms with Crippen molar-refractivity contribution in [2.24, 2.45) is 11.1 Å². The number of nitrogens with zero attached hydrogens (tertiary/aromatic N) is 2. The molecule has 0 spiro atoms. The maximum absolute atomic E-state index is 11.3. The second-order valence-electron chi connectivity index (χ2n) is 9.23. The molecular weight excluding hydrogens is 500 g/mol. The zero-order valence-corrected chi connectivity index (χ0v) is 21.9. The third-order valence-corrected chi connectivity index (χ3v) is 8.19. The molecule has 4 atom stereocenters. The lowest BCUT2D eigenvalue weighted by Gasteiger charge is -2.18. The molecule has 2 heterocycles. The Hall–Kier alpha value is -2.41. The molecule has 0 saturated heterocycles. The largest absolute Gasteiger partial charge is 0.393 e. The second kappa shape index (κ2) is 11.3. The first-order valence-electron chi connectivity index (χ1n) is 11.9. The number of aromatic nitrogens is 2. The van der Waals surface area contributed by atoms with Crippen LogP contribution in [0.1, 0.15) is 57.9 Å². The number of rotatable bonds is 10. The van der Waals surface area contributed by atoms with E-state index in [-0.39, 0.29) is 18.6 Å². The summed E-state index contributed by atoms with van der Waals surface area (Å²) in [7, 11) is -4.07. The zero-order chi connectivity index (χ0) is 25.9. The second-order valence-corrected chi connectivity index (χ2v) is 11.7. The highest BCUT2D eigenvalue weighted by atomic mass is 32.2. The smallest absolute Gasteiger partial charge is 0.333 e. The fourth-order valence-corrected chi connectivity index (χ4v) is 6.04. The van der Waals surface area contributed by atoms with Gasteiger partial charge in [0.2, 0.25) is 0 Å². The van der Waals surface area contributed by atoms with Gasteiger partial charge in [-0.1, -0.05) is 31.2 Å². The van der Waals surface area contributed by atoms with Gasteiger partial charge in [0.25, 0.3) is 0 Å². The predicted octanol–water partition coefficient (Wildman–Crippen LogP) is 2.85. The Kier molecular flexibility index (Phi) is 8.38. The van der Waals surface area contributed by atoms with E-state index in [1.54, 1.807) is 17.5 Å². The highest BCUT2D eigenvalue weighted by Gasteiger charge is 2.35. The first kappa shape index (κ1) is 26.6. The van der Waals surface area contributed by atoms with E-state index >= 15 is 0 Å². The van der Waals surface area contributed by atoms with E-state index in [9.17, 15) is 18.6 Å². The monoisotopic (exact) mass is 532 g/mol. The minimum atomic E-state index is -4.07. The fourth-order valence-electron chi connectivity index (χ4n) is 4.62. The van der Waals surface area contributed by atoms with Crippen LogP contribution in [0.3, 0.4) is 0 Å². The maximum Gasteiger partial charge on any atom is 0.333 e. The van der Waals surface area contributed by atoms with Crippen LogP contribution in [0, 0.1) is 12.8 Å². The van der Waals surface area contributed by atoms with Gasteiger partial charge in [-0.3, -0.25) is 4.18 Å². The first-order chi connectivity index (χ1) is 17.1. The van der Waals surface area contributed by atoms with Crippen molar-refractivity contribution in [3.63, 3.8) is 0 Å². The van der Waals surface area contributed by atoms with Gasteiger partial charge in [0.15, 0.2) is 0 Å². The molecule has 9 nitrogen and oxygen atoms in total. The van der Waals surface area contributed by atoms with E-state index in [0.29, 0.717) is 24.2 Å². The molecular formula is C25H32N4O5S2. The summed E-state index contributed by atoms with van der Waals surface area (Å²) in [5.74, 6) is 0.0933. The molecule has 1 aliphatic carbocycles. The van der Waals surface area contributed by atoms with Crippen LogP contribution in [0.4, 0.5) is 5.82 Å². The third-order valence-electron chi connectivity index (χ3n) is 6.58. The van der Waals surface area contributed by atoms with E-state index < -0.39 is 22.5 Å². The predicted molar refractivity (Wildman–Crippen MR) is 139 cm³/mol. The van der Waals surface area contributed by atoms with Gasteiger partial charge < -0.3 is 15.5 Å². The third kappa shape index (κ3) is 6.67. The molecule has 5 N–H and O–H groups in total. The average Bonchev–Trinajstić information content (AvgIpc) is 3.38. The van der Waals surface area contributed by atoms with Gasteiger partial charge in [0.1, 0.15) is 18.2 Å². The van der Waals surface area contributed by atoms with Gasteiger partial charge >= 0.3 is 10.3 Å². The zero-order valence-electron chi connectivity index (χ0n) is 20.3. The van der Waals surface area contributed by atoms with Crippen molar-refractivity contribution in [3.8, 4) is 0 Å². The Morgan fingerprint density at radius 1 is 1.28 bits per heavy atom. The fraction of sp³-hybridized carbons (Fsp3) is 0.440. The lowest BCUT2D eigenvalue weighted by molar-refractivity contribution is 0.101. The van der Waals surface area contributed by atoms with Crippen LogP contribution in [-0.2, 0) is 27.3 Å². The average molecular weight is 533 g/mol. The van der Waals surface area contributed by atoms with Crippen LogP contribution in [-0.4, -0.2) is 47.4 Å². The first-order valence-corrected chi connectivity index (χ1v) is 14.2. The van der Waals surface area contributed by atoms with Gasteiger partial charge in [0, 0.05) is 33.5 Å². The SMILES string of the molecule is CCc1cccc(Cc2cc(C(O)c3cncnc3N[C@@H]3C[C@H](COS(N)(=O)=O)[C@@H](O)C3)sc2C)c1. The van der Waals surface area contributed by atoms with Crippen molar-refractivity contribution < 1.29 is 22.8 Å². The molecule has 36 heavy (non-hydrogen) atoms. The summed E-state index contributed by atoms with van der Waals surface area (Å²) in [5, 5.41) is 29.8. The molecule has 1 fully saturated rings. The number of aliphatic hydroxyl groups excluding tert-OH is 2. The lowest BCUT2D eigenvalue weighted by Crippen LogP contribution is -2.24. The molecule has 1 aromatic carbocycles. The molecule has 11 heteroatoms. The maximum atomic E-state index is 11.3. The van der Waals surface area contributed by atoms with Crippen LogP contribution in [0.25, 0.3) is 0 Å². The van der Waals surface area contributed by atoms with Crippen LogP contribution < -0.4 is 10.5 Å². The van der Waals surface area contributed by atoms with Gasteiger partial charge in [-0.05, 0) is 55.4 Å². The minimum Gasteiger partial charge on any atom is -0.393 e. The minimum absolute atomic E-state index is 0.179. The van der Waals surface area contributed by atoms with Crippen LogP contribution in [0.5, 0.6) is 0 Å². The molecule has 1 saturated carbocycles. The van der Waals surface area contributed by atoms with E-state index in [1.807, 2.05) is 6.07 Å². The van der Waals surface area contributed by atoms with Crippen molar-refractivity contribution in [1.82, 2.24) is 9.97 Å². The summed E-state index contributed by atoms with van der Waals surface area (Å²) < 4.78 is 26.9. The van der Waals surface area contributed by atoms with Crippen molar-refractivity contribution in [2.45, 2.75) is 57.8 Å². The number of aliphatic hydroxyl groups is 2. The van der Waals surface area contributed by atoms with E-state index in [0.717, 1.165) is 22.6 Å². The summed E-state index contributed by atoms with van der Waals surface area (Å²) in [6, 6.07) is 10.4. The van der Waals surface area contributed by atoms with Crippen LogP contribution >= 0.6 is 11.3 Å². The summed E-state index contributed by atoms with van der Waals surface area (Å²) in [5.41, 5.74) is 4.25. The molecule has 1 unspecified atom stereocenters. The van der Waals surface area contributed by atoms with Crippen molar-refractivity contribution in [1.29, 1.82) is 0 Å². The number of thiophene rings is 1. The number of anilines is 1. The number of benzene rings is 1. The lowest BCUT2D eigenvalue weighted by atomic mass is 10.0. The topological polar surface area (TPSA) is 148 Å². The Morgan fingerprint density at radius 2 is 2.06 bits per heavy atom. The highest BCUT2D eigenvalue weighted by molar-refractivity contribution is 7.84. The van der Waals surface area contributed by atoms with E-state index in [1.165, 1.54) is 23.0 Å². The molecule has 194 valence electrons. The Bertz CT molecular complexity index is 1300. The Labute approximate surface area is 215 Å². The molecule has 3 aromatic rings. The number of aryl methyl sites for hydroxylation is 2. The summed E-state index contributed by atoms with van der Waals surface area (Å²) in [6.45, 7) is 4.02. The standard InChI is InChI=1S/C25H32N4O5S2/c1-3-16-5-4-6-17(7-16)8-18-10-23(35-15(18)2)24(31)21-12-27-14-28-25(21)29-20-9-19(22(30)11-20)13-34-36(26,32)33/h4-7,10,12,14,19-20,22,24,30-31H,3,8-9,11,13H2,1-2H3,(H2,26,32,33)(H,27,28,29)/t19-,20-,22+,24?/m1/s1. The van der Waals surface area contributed by atoms with Gasteiger partial charge in [0.05, 0.1) is 12.7 Å². The Balaban J connectivity index is 1.47. The molecule has 0 aliphatic heterocycles. The molecule has 2 aromatic heterocycles. The van der Waals surface area contributed by atoms with Crippen LogP contribution in [0.15, 0.2) is 42.9 Å². The molecule has 0 amide bonds. The Morgan fingerprint density at radius 3 is 2.81 bits per heavy atom. The van der Waals surface area contributed by atoms with Crippen molar-refractivity contribution in [2.75, 3.05) is 11.9 Å². The summed E-state index contributed by atoms with van der Waals surface area (Å²) in [4.78, 5) is 10.4. The quantitative estimate of drug-likeness (QED) is 0.312. The van der Waals surface area contributed by atoms with Crippen LogP contribution in [0.2, 0.25) is 0 Å². The van der Waals surface area contributed by atoms with Gasteiger partial charge in [-0.25, -0.2) is 15.1 Å². The molecule has 4 rings (SSSR count). The molecule has 0 bridgehead atoms. The number of nitrogens with two attached hydrogens (primary N) is 1. The molecule has 1 aliphatic rings. The number of hydrogen-bond donors (Lipinski definition) is 4. The number of hydrogen-bond acceptors (Lipinski definition) is 9. The van der Waals surface area contributed by atoms with E-state index in [2.05, 4.69) is 57.6 Å². The van der Waals surface area contributed by atoms with Crippen molar-refractivity contribution in [3.05, 3.63) is 74.9 Å². The highest BCUT2D eigenvalue weighted by Crippen LogP contribution is 2.36. The van der Waals surface area contributed by atoms with Gasteiger partial charge in [-0.2, -0.15) is 8.42 Å². The summed E-state index contributed by atoms with van der Waals surface area (Å²) in [6.07, 6.45) is 3.97. The summed E-state index contributed by atoms with van der Waals surface area (Å²) >= 11 is 1.55. The molecule has 0 radical (unpaired) electrons. The number of nitrogens with one attached hydrogen (secondary N) is 1. The van der Waals surface area contributed by atoms with Crippen molar-refractivity contribution >= 4 is 27.5 Å². The van der Waals surface area contributed by atoms with E-state index in [4.69, 9.17) is 5.14 Å². The normalized spacial score (nSPS) is 21.0.